The molecule has 0 fully saturated rings. The van der Waals surface area contributed by atoms with Crippen molar-refractivity contribution in [1.29, 1.82) is 0 Å². The molecule has 6 nitrogen and oxygen atoms in total. The number of benzene rings is 2. The fraction of sp³-hybridized carbons (Fsp3) is 0.0968. The molecule has 2 aromatic carbocycles. The van der Waals surface area contributed by atoms with Crippen LogP contribution < -0.4 is 0 Å². The molecule has 0 saturated carbocycles. The number of rotatable bonds is 7. The molecule has 189 valence electrons. The van der Waals surface area contributed by atoms with Gasteiger partial charge in [-0.2, -0.15) is 0 Å². The maximum absolute atomic E-state index is 4.95. The van der Waals surface area contributed by atoms with E-state index in [1.165, 1.54) is 21.5 Å². The molecule has 6 aromatic rings. The third kappa shape index (κ3) is 5.97. The molecule has 4 aromatic heterocycles. The average molecular weight is 587 g/mol. The van der Waals surface area contributed by atoms with Gasteiger partial charge in [-0.25, -0.2) is 4.98 Å². The Balaban J connectivity index is 0.00000168. The first kappa shape index (κ1) is 27.1. The molecule has 0 bridgehead atoms. The van der Waals surface area contributed by atoms with Crippen molar-refractivity contribution in [3.63, 3.8) is 0 Å². The van der Waals surface area contributed by atoms with Crippen LogP contribution in [-0.2, 0) is 39.1 Å². The number of hydrogen-bond donors (Lipinski definition) is 0. The van der Waals surface area contributed by atoms with Gasteiger partial charge in [0.05, 0.1) is 28.5 Å². The van der Waals surface area contributed by atoms with Crippen molar-refractivity contribution in [2.75, 3.05) is 0 Å². The smallest absolute Gasteiger partial charge is 0.412 e. The zero-order valence-corrected chi connectivity index (χ0v) is 22.4. The molecule has 0 saturated heterocycles. The number of pyridine rings is 4. The van der Waals surface area contributed by atoms with Gasteiger partial charge in [0, 0.05) is 49.0 Å². The molecule has 0 aliphatic rings. The molecule has 7 heteroatoms. The molecule has 0 aliphatic heterocycles. The van der Waals surface area contributed by atoms with Gasteiger partial charge in [0.15, 0.2) is 0 Å². The van der Waals surface area contributed by atoms with Crippen LogP contribution in [0, 0.1) is 0 Å². The van der Waals surface area contributed by atoms with E-state index in [4.69, 9.17) is 15.0 Å². The fourth-order valence-corrected chi connectivity index (χ4v) is 4.66. The van der Waals surface area contributed by atoms with Gasteiger partial charge in [-0.05, 0) is 47.2 Å². The maximum atomic E-state index is 4.95. The van der Waals surface area contributed by atoms with E-state index in [1.54, 1.807) is 6.20 Å². The molecule has 0 aliphatic carbocycles. The van der Waals surface area contributed by atoms with Crippen LogP contribution in [0.5, 0.6) is 0 Å². The van der Waals surface area contributed by atoms with Crippen molar-refractivity contribution >= 4 is 21.5 Å². The van der Waals surface area contributed by atoms with E-state index in [2.05, 4.69) is 82.7 Å². The third-order valence-electron chi connectivity index (χ3n) is 6.38. The molecule has 0 amide bonds. The Morgan fingerprint density at radius 1 is 0.500 bits per heavy atom. The molecular weight excluding hydrogens is 559 g/mol. The summed E-state index contributed by atoms with van der Waals surface area (Å²) in [5.41, 5.74) is 4.83. The Bertz CT molecular complexity index is 1550. The Morgan fingerprint density at radius 2 is 1.08 bits per heavy atom. The van der Waals surface area contributed by atoms with Crippen molar-refractivity contribution < 1.29 is 25.0 Å². The predicted molar refractivity (Wildman–Crippen MR) is 148 cm³/mol. The van der Waals surface area contributed by atoms with Crippen molar-refractivity contribution in [2.24, 2.45) is 0 Å². The molecule has 0 atom stereocenters. The van der Waals surface area contributed by atoms with Crippen LogP contribution in [0.1, 0.15) is 17.1 Å². The molecule has 6 rings (SSSR count). The molecule has 4 heterocycles. The molecule has 2 N–H and O–H groups in total. The minimum Gasteiger partial charge on any atom is -0.412 e. The molecule has 1 radical (unpaired) electrons. The van der Waals surface area contributed by atoms with Gasteiger partial charge in [-0.15, -0.1) is 0 Å². The summed E-state index contributed by atoms with van der Waals surface area (Å²) in [7, 11) is 0. The summed E-state index contributed by atoms with van der Waals surface area (Å²) >= 11 is 0. The fourth-order valence-electron chi connectivity index (χ4n) is 4.66. The summed E-state index contributed by atoms with van der Waals surface area (Å²) in [4.78, 5) is 21.3. The van der Waals surface area contributed by atoms with Gasteiger partial charge < -0.3 is 5.48 Å². The van der Waals surface area contributed by atoms with E-state index in [0.29, 0.717) is 19.6 Å². The van der Waals surface area contributed by atoms with Crippen molar-refractivity contribution in [3.05, 3.63) is 133 Å². The van der Waals surface area contributed by atoms with Gasteiger partial charge in [-0.3, -0.25) is 19.9 Å². The van der Waals surface area contributed by atoms with E-state index < -0.39 is 0 Å². The van der Waals surface area contributed by atoms with Crippen molar-refractivity contribution in [2.45, 2.75) is 19.6 Å². The number of fused-ring (bicyclic) bond motifs is 2. The summed E-state index contributed by atoms with van der Waals surface area (Å²) in [5.74, 6) is 0. The maximum Gasteiger partial charge on any atom is 1.00 e. The van der Waals surface area contributed by atoms with Crippen LogP contribution >= 0.6 is 0 Å². The summed E-state index contributed by atoms with van der Waals surface area (Å²) in [6.07, 6.45) is 5.59. The standard InChI is InChI=1S/C31H25N5.H2O.Ru/c1-3-11-26-23(8-1)15-18-33-30(26)21-36(22-31-27-12-4-2-9-24(27)16-19-34-31)20-25-10-7-14-29(35-25)28-13-5-6-17-32-28;;/h1-19H,20-22H2;1H2;/q;;+1. The van der Waals surface area contributed by atoms with Gasteiger partial charge in [0.1, 0.15) is 0 Å². The van der Waals surface area contributed by atoms with E-state index in [1.807, 2.05) is 36.7 Å². The quantitative estimate of drug-likeness (QED) is 0.227. The summed E-state index contributed by atoms with van der Waals surface area (Å²) in [5, 5.41) is 4.74. The zero-order valence-electron chi connectivity index (χ0n) is 20.7. The Labute approximate surface area is 234 Å². The molecule has 0 spiro atoms. The largest absolute Gasteiger partial charge is 1.00 e. The van der Waals surface area contributed by atoms with Crippen molar-refractivity contribution in [1.82, 2.24) is 24.8 Å². The van der Waals surface area contributed by atoms with E-state index in [0.717, 1.165) is 28.5 Å². The van der Waals surface area contributed by atoms with E-state index >= 15 is 0 Å². The second-order valence-corrected chi connectivity index (χ2v) is 8.83. The van der Waals surface area contributed by atoms with E-state index in [9.17, 15) is 0 Å². The van der Waals surface area contributed by atoms with Crippen LogP contribution in [0.25, 0.3) is 32.9 Å². The average Bonchev–Trinajstić information content (AvgIpc) is 2.94. The summed E-state index contributed by atoms with van der Waals surface area (Å²) < 4.78 is 0. The third-order valence-corrected chi connectivity index (χ3v) is 6.38. The molecule has 38 heavy (non-hydrogen) atoms. The van der Waals surface area contributed by atoms with Gasteiger partial charge >= 0.3 is 19.5 Å². The number of hydrogen-bond acceptors (Lipinski definition) is 5. The normalized spacial score (nSPS) is 10.8. The van der Waals surface area contributed by atoms with Crippen LogP contribution in [0.3, 0.4) is 0 Å². The first-order valence-corrected chi connectivity index (χ1v) is 12.1. The molecular formula is C31H27N5ORu+. The molecule has 0 unspecified atom stereocenters. The minimum atomic E-state index is 0. The first-order valence-electron chi connectivity index (χ1n) is 12.1. The van der Waals surface area contributed by atoms with Gasteiger partial charge in [0.25, 0.3) is 0 Å². The first-order chi connectivity index (χ1) is 17.8. The number of aromatic nitrogens is 4. The second kappa shape index (κ2) is 12.6. The Kier molecular flexibility index (Phi) is 8.98. The second-order valence-electron chi connectivity index (χ2n) is 8.83. The zero-order chi connectivity index (χ0) is 24.2. The predicted octanol–water partition coefficient (Wildman–Crippen LogP) is 5.62. The monoisotopic (exact) mass is 587 g/mol. The summed E-state index contributed by atoms with van der Waals surface area (Å²) in [6.45, 7) is 2.03. The van der Waals surface area contributed by atoms with Gasteiger partial charge in [-0.1, -0.05) is 60.7 Å². The SMILES string of the molecule is O.[Ru+].c1ccc(-c2cccc(CN(Cc3nccc4ccccc34)Cc3nccc4ccccc34)n2)nc1. The number of nitrogens with zero attached hydrogens (tertiary/aromatic N) is 5. The topological polar surface area (TPSA) is 86.3 Å². The van der Waals surface area contributed by atoms with E-state index in [-0.39, 0.29) is 25.0 Å². The van der Waals surface area contributed by atoms with Gasteiger partial charge in [0.2, 0.25) is 0 Å². The minimum absolute atomic E-state index is 0. The van der Waals surface area contributed by atoms with Crippen LogP contribution in [0.4, 0.5) is 0 Å². The Hall–Kier alpha value is -3.90. The van der Waals surface area contributed by atoms with Crippen LogP contribution in [0.2, 0.25) is 0 Å². The van der Waals surface area contributed by atoms with Crippen LogP contribution in [-0.4, -0.2) is 30.3 Å². The van der Waals surface area contributed by atoms with Crippen molar-refractivity contribution in [3.8, 4) is 11.4 Å². The summed E-state index contributed by atoms with van der Waals surface area (Å²) in [6, 6.07) is 33.0. The Morgan fingerprint density at radius 3 is 1.68 bits per heavy atom. The van der Waals surface area contributed by atoms with Crippen LogP contribution in [0.15, 0.2) is 116 Å².